The SMILES string of the molecule is CC1(C)CCC[C@]1(C)c1cc(C(=O)O)c(Br)c2c1OC(c1ccccc1)(c1ccccc1)O2. The van der Waals surface area contributed by atoms with Crippen LogP contribution in [0.4, 0.5) is 0 Å². The first-order valence-electron chi connectivity index (χ1n) is 11.3. The van der Waals surface area contributed by atoms with E-state index >= 15 is 0 Å². The van der Waals surface area contributed by atoms with Gasteiger partial charge in [0.2, 0.25) is 0 Å². The highest BCUT2D eigenvalue weighted by atomic mass is 79.9. The molecule has 0 unspecified atom stereocenters. The summed E-state index contributed by atoms with van der Waals surface area (Å²) in [5, 5.41) is 10.0. The smallest absolute Gasteiger partial charge is 0.336 e. The molecule has 0 saturated heterocycles. The minimum absolute atomic E-state index is 0.0154. The Kier molecular flexibility index (Phi) is 5.09. The number of ether oxygens (including phenoxy) is 2. The number of aromatic carboxylic acids is 1. The molecular formula is C28H27BrO4. The number of benzene rings is 3. The maximum absolute atomic E-state index is 12.2. The summed E-state index contributed by atoms with van der Waals surface area (Å²) in [6, 6.07) is 21.4. The first-order valence-corrected chi connectivity index (χ1v) is 12.1. The lowest BCUT2D eigenvalue weighted by molar-refractivity contribution is -0.0471. The quantitative estimate of drug-likeness (QED) is 0.403. The van der Waals surface area contributed by atoms with Gasteiger partial charge in [0.15, 0.2) is 11.5 Å². The maximum atomic E-state index is 12.2. The van der Waals surface area contributed by atoms with E-state index in [4.69, 9.17) is 9.47 Å². The van der Waals surface area contributed by atoms with Crippen LogP contribution < -0.4 is 9.47 Å². The fourth-order valence-corrected chi connectivity index (χ4v) is 5.94. The van der Waals surface area contributed by atoms with Crippen molar-refractivity contribution >= 4 is 21.9 Å². The van der Waals surface area contributed by atoms with Gasteiger partial charge in [-0.3, -0.25) is 0 Å². The van der Waals surface area contributed by atoms with Crippen LogP contribution in [0.1, 0.15) is 67.1 Å². The van der Waals surface area contributed by atoms with Crippen molar-refractivity contribution in [2.75, 3.05) is 0 Å². The molecule has 1 saturated carbocycles. The second-order valence-electron chi connectivity index (χ2n) is 9.87. The summed E-state index contributed by atoms with van der Waals surface area (Å²) >= 11 is 3.53. The number of carbonyl (C=O) groups is 1. The standard InChI is InChI=1S/C28H27BrO4/c1-26(2)15-10-16-27(26,3)21-17-20(25(30)31)22(29)24-23(21)32-28(33-24,18-11-6-4-7-12-18)19-13-8-5-9-14-19/h4-9,11-14,17H,10,15-16H2,1-3H3,(H,30,31)/t27-/m1/s1. The van der Waals surface area contributed by atoms with Crippen molar-refractivity contribution in [2.45, 2.75) is 51.2 Å². The second kappa shape index (κ2) is 7.63. The van der Waals surface area contributed by atoms with E-state index in [1.54, 1.807) is 6.07 Å². The topological polar surface area (TPSA) is 55.8 Å². The molecule has 1 aliphatic carbocycles. The Hall–Kier alpha value is -2.79. The Labute approximate surface area is 202 Å². The van der Waals surface area contributed by atoms with E-state index in [-0.39, 0.29) is 16.4 Å². The molecular weight excluding hydrogens is 480 g/mol. The molecule has 2 aliphatic rings. The average molecular weight is 507 g/mol. The van der Waals surface area contributed by atoms with Crippen LogP contribution in [0.5, 0.6) is 11.5 Å². The third-order valence-electron chi connectivity index (χ3n) is 7.77. The van der Waals surface area contributed by atoms with E-state index < -0.39 is 11.8 Å². The van der Waals surface area contributed by atoms with Gasteiger partial charge in [-0.25, -0.2) is 4.79 Å². The highest BCUT2D eigenvalue weighted by molar-refractivity contribution is 9.10. The molecule has 1 heterocycles. The molecule has 3 aromatic carbocycles. The van der Waals surface area contributed by atoms with Gasteiger partial charge in [0, 0.05) is 22.1 Å². The van der Waals surface area contributed by atoms with E-state index in [2.05, 4.69) is 36.7 Å². The fourth-order valence-electron chi connectivity index (χ4n) is 5.40. The Morgan fingerprint density at radius 3 is 1.91 bits per heavy atom. The molecule has 0 spiro atoms. The Morgan fingerprint density at radius 2 is 1.42 bits per heavy atom. The lowest BCUT2D eigenvalue weighted by atomic mass is 9.65. The van der Waals surface area contributed by atoms with E-state index in [0.29, 0.717) is 16.0 Å². The van der Waals surface area contributed by atoms with E-state index in [1.807, 2.05) is 60.7 Å². The molecule has 1 atom stereocenters. The molecule has 4 nitrogen and oxygen atoms in total. The number of hydrogen-bond acceptors (Lipinski definition) is 3. The monoisotopic (exact) mass is 506 g/mol. The third-order valence-corrected chi connectivity index (χ3v) is 8.56. The molecule has 0 bridgehead atoms. The lowest BCUT2D eigenvalue weighted by Crippen LogP contribution is -2.38. The molecule has 1 N–H and O–H groups in total. The minimum Gasteiger partial charge on any atom is -0.478 e. The van der Waals surface area contributed by atoms with Crippen molar-refractivity contribution in [1.29, 1.82) is 0 Å². The predicted octanol–water partition coefficient (Wildman–Crippen LogP) is 7.29. The normalized spacial score (nSPS) is 22.3. The van der Waals surface area contributed by atoms with Crippen molar-refractivity contribution in [3.8, 4) is 11.5 Å². The molecule has 1 aliphatic heterocycles. The van der Waals surface area contributed by atoms with Crippen LogP contribution in [0.15, 0.2) is 71.2 Å². The van der Waals surface area contributed by atoms with Gasteiger partial charge >= 0.3 is 11.8 Å². The number of rotatable bonds is 4. The molecule has 0 amide bonds. The summed E-state index contributed by atoms with van der Waals surface area (Å²) in [7, 11) is 0. The summed E-state index contributed by atoms with van der Waals surface area (Å²) in [5.74, 6) is -1.14. The first kappa shape index (κ1) is 22.0. The fraction of sp³-hybridized carbons (Fsp3) is 0.321. The van der Waals surface area contributed by atoms with E-state index in [0.717, 1.165) is 36.0 Å². The zero-order valence-electron chi connectivity index (χ0n) is 19.0. The van der Waals surface area contributed by atoms with Crippen LogP contribution >= 0.6 is 15.9 Å². The van der Waals surface area contributed by atoms with Crippen LogP contribution in [0.3, 0.4) is 0 Å². The highest BCUT2D eigenvalue weighted by Gasteiger charge is 2.53. The van der Waals surface area contributed by atoms with Gasteiger partial charge in [-0.2, -0.15) is 0 Å². The maximum Gasteiger partial charge on any atom is 0.336 e. The average Bonchev–Trinajstić information content (AvgIpc) is 3.34. The summed E-state index contributed by atoms with van der Waals surface area (Å²) in [4.78, 5) is 12.2. The minimum atomic E-state index is -1.21. The Bertz CT molecular complexity index is 1180. The van der Waals surface area contributed by atoms with E-state index in [1.165, 1.54) is 0 Å². The number of halogens is 1. The van der Waals surface area contributed by atoms with Gasteiger partial charge in [-0.05, 0) is 40.3 Å². The van der Waals surface area contributed by atoms with Crippen LogP contribution in [0.2, 0.25) is 0 Å². The Balaban J connectivity index is 1.79. The van der Waals surface area contributed by atoms with Gasteiger partial charge in [0.05, 0.1) is 10.0 Å². The van der Waals surface area contributed by atoms with E-state index in [9.17, 15) is 9.90 Å². The van der Waals surface area contributed by atoms with Crippen molar-refractivity contribution in [1.82, 2.24) is 0 Å². The molecule has 3 aromatic rings. The zero-order chi connectivity index (χ0) is 23.4. The van der Waals surface area contributed by atoms with Crippen LogP contribution in [-0.4, -0.2) is 11.1 Å². The van der Waals surface area contributed by atoms with Gasteiger partial charge in [-0.1, -0.05) is 87.9 Å². The van der Waals surface area contributed by atoms with Crippen LogP contribution in [-0.2, 0) is 11.2 Å². The zero-order valence-corrected chi connectivity index (χ0v) is 20.6. The molecule has 33 heavy (non-hydrogen) atoms. The number of fused-ring (bicyclic) bond motifs is 1. The van der Waals surface area contributed by atoms with Crippen LogP contribution in [0.25, 0.3) is 0 Å². The van der Waals surface area contributed by atoms with Gasteiger partial charge in [0.25, 0.3) is 0 Å². The summed E-state index contributed by atoms with van der Waals surface area (Å²) in [6.45, 7) is 6.74. The van der Waals surface area contributed by atoms with Crippen molar-refractivity contribution in [3.05, 3.63) is 93.5 Å². The molecule has 170 valence electrons. The Morgan fingerprint density at radius 1 is 0.879 bits per heavy atom. The van der Waals surface area contributed by atoms with Crippen molar-refractivity contribution < 1.29 is 19.4 Å². The van der Waals surface area contributed by atoms with Gasteiger partial charge in [-0.15, -0.1) is 0 Å². The predicted molar refractivity (Wildman–Crippen MR) is 131 cm³/mol. The molecule has 5 rings (SSSR count). The van der Waals surface area contributed by atoms with Crippen molar-refractivity contribution in [3.63, 3.8) is 0 Å². The summed E-state index contributed by atoms with van der Waals surface area (Å²) in [5.41, 5.74) is 2.51. The highest BCUT2D eigenvalue weighted by Crippen LogP contribution is 2.61. The van der Waals surface area contributed by atoms with Gasteiger partial charge < -0.3 is 14.6 Å². The lowest BCUT2D eigenvalue weighted by Gasteiger charge is -2.40. The molecule has 5 heteroatoms. The number of carboxylic acid groups (broad SMARTS) is 1. The molecule has 1 fully saturated rings. The van der Waals surface area contributed by atoms with Gasteiger partial charge in [0.1, 0.15) is 0 Å². The third kappa shape index (κ3) is 3.20. The molecule has 0 radical (unpaired) electrons. The largest absolute Gasteiger partial charge is 0.478 e. The summed E-state index contributed by atoms with van der Waals surface area (Å²) < 4.78 is 13.9. The number of carboxylic acids is 1. The molecule has 0 aromatic heterocycles. The second-order valence-corrected chi connectivity index (χ2v) is 10.7. The summed E-state index contributed by atoms with van der Waals surface area (Å²) in [6.07, 6.45) is 3.11. The number of hydrogen-bond donors (Lipinski definition) is 1. The van der Waals surface area contributed by atoms with Crippen LogP contribution in [0, 0.1) is 5.41 Å². The first-order chi connectivity index (χ1) is 15.7. The van der Waals surface area contributed by atoms with Crippen molar-refractivity contribution in [2.24, 2.45) is 5.41 Å².